The number of hydrogen-bond acceptors (Lipinski definition) is 1. The van der Waals surface area contributed by atoms with Crippen molar-refractivity contribution in [2.75, 3.05) is 0 Å². The van der Waals surface area contributed by atoms with Gasteiger partial charge in [0, 0.05) is 12.1 Å². The van der Waals surface area contributed by atoms with E-state index in [1.165, 1.54) is 38.5 Å². The summed E-state index contributed by atoms with van der Waals surface area (Å²) in [5.41, 5.74) is 0.812. The Balaban J connectivity index is 1.75. The molecule has 1 spiro atoms. The number of nitrogens with one attached hydrogen (secondary N) is 1. The predicted octanol–water partition coefficient (Wildman–Crippen LogP) is 2.71. The highest BCUT2D eigenvalue weighted by atomic mass is 15.0. The van der Waals surface area contributed by atoms with Gasteiger partial charge in [0.2, 0.25) is 0 Å². The second-order valence-electron chi connectivity index (χ2n) is 5.13. The number of rotatable bonds is 2. The van der Waals surface area contributed by atoms with Gasteiger partial charge in [0.05, 0.1) is 0 Å². The third-order valence-corrected chi connectivity index (χ3v) is 3.59. The normalized spacial score (nSPS) is 28.2. The zero-order chi connectivity index (χ0) is 8.60. The van der Waals surface area contributed by atoms with Crippen LogP contribution in [-0.4, -0.2) is 12.1 Å². The fraction of sp³-hybridized carbons (Fsp3) is 1.00. The molecule has 70 valence electrons. The van der Waals surface area contributed by atoms with Gasteiger partial charge >= 0.3 is 0 Å². The predicted molar refractivity (Wildman–Crippen MR) is 52.2 cm³/mol. The van der Waals surface area contributed by atoms with Crippen LogP contribution in [-0.2, 0) is 0 Å². The second kappa shape index (κ2) is 3.02. The van der Waals surface area contributed by atoms with Gasteiger partial charge in [0.25, 0.3) is 0 Å². The lowest BCUT2D eigenvalue weighted by Gasteiger charge is -2.46. The molecule has 2 aliphatic rings. The van der Waals surface area contributed by atoms with Crippen molar-refractivity contribution in [2.45, 2.75) is 64.5 Å². The molecule has 1 N–H and O–H groups in total. The Hall–Kier alpha value is -0.0400. The molecule has 0 aromatic carbocycles. The van der Waals surface area contributed by atoms with Crippen LogP contribution in [0.2, 0.25) is 0 Å². The van der Waals surface area contributed by atoms with E-state index in [2.05, 4.69) is 19.2 Å². The van der Waals surface area contributed by atoms with Crippen LogP contribution in [0.3, 0.4) is 0 Å². The van der Waals surface area contributed by atoms with Crippen LogP contribution < -0.4 is 5.32 Å². The first-order valence-corrected chi connectivity index (χ1v) is 5.46. The van der Waals surface area contributed by atoms with Crippen molar-refractivity contribution in [1.82, 2.24) is 5.32 Å². The Bertz CT molecular complexity index is 148. The average molecular weight is 167 g/mol. The van der Waals surface area contributed by atoms with Crippen LogP contribution in [0.5, 0.6) is 0 Å². The lowest BCUT2D eigenvalue weighted by atomic mass is 9.64. The molecule has 0 aromatic rings. The minimum absolute atomic E-state index is 0.675. The Morgan fingerprint density at radius 3 is 2.25 bits per heavy atom. The summed E-state index contributed by atoms with van der Waals surface area (Å²) in [7, 11) is 0. The Kier molecular flexibility index (Phi) is 2.16. The summed E-state index contributed by atoms with van der Waals surface area (Å²) in [6, 6.07) is 1.52. The zero-order valence-electron chi connectivity index (χ0n) is 8.40. The molecule has 0 aliphatic heterocycles. The lowest BCUT2D eigenvalue weighted by molar-refractivity contribution is 0.0849. The highest BCUT2D eigenvalue weighted by molar-refractivity contribution is 5.00. The van der Waals surface area contributed by atoms with E-state index in [0.717, 1.165) is 11.5 Å². The molecule has 0 atom stereocenters. The van der Waals surface area contributed by atoms with E-state index in [1.54, 1.807) is 0 Å². The molecule has 2 saturated carbocycles. The average Bonchev–Trinajstić information content (AvgIpc) is 2.33. The third-order valence-electron chi connectivity index (χ3n) is 3.59. The third kappa shape index (κ3) is 1.52. The quantitative estimate of drug-likeness (QED) is 0.667. The number of hydrogen-bond donors (Lipinski definition) is 1. The van der Waals surface area contributed by atoms with Gasteiger partial charge in [-0.1, -0.05) is 26.7 Å². The Labute approximate surface area is 75.9 Å². The Morgan fingerprint density at radius 2 is 1.75 bits per heavy atom. The maximum atomic E-state index is 3.63. The monoisotopic (exact) mass is 167 g/mol. The summed E-state index contributed by atoms with van der Waals surface area (Å²) in [5.74, 6) is 0. The lowest BCUT2D eigenvalue weighted by Crippen LogP contribution is -2.49. The SMILES string of the molecule is CC(C)NC1CC2(CCCC2)C1. The first kappa shape index (κ1) is 8.55. The van der Waals surface area contributed by atoms with Gasteiger partial charge in [-0.05, 0) is 31.1 Å². The zero-order valence-corrected chi connectivity index (χ0v) is 8.40. The molecule has 0 radical (unpaired) electrons. The molecule has 2 fully saturated rings. The molecule has 0 amide bonds. The van der Waals surface area contributed by atoms with Crippen molar-refractivity contribution in [1.29, 1.82) is 0 Å². The highest BCUT2D eigenvalue weighted by Gasteiger charge is 2.45. The van der Waals surface area contributed by atoms with Crippen LogP contribution in [0.1, 0.15) is 52.4 Å². The van der Waals surface area contributed by atoms with Gasteiger partial charge in [0.15, 0.2) is 0 Å². The standard InChI is InChI=1S/C11H21N/c1-9(2)12-10-7-11(8-10)5-3-4-6-11/h9-10,12H,3-8H2,1-2H3. The van der Waals surface area contributed by atoms with E-state index in [0.29, 0.717) is 6.04 Å². The molecule has 0 heterocycles. The minimum atomic E-state index is 0.675. The van der Waals surface area contributed by atoms with Gasteiger partial charge in [-0.25, -0.2) is 0 Å². The largest absolute Gasteiger partial charge is 0.312 e. The van der Waals surface area contributed by atoms with Crippen molar-refractivity contribution in [3.63, 3.8) is 0 Å². The smallest absolute Gasteiger partial charge is 0.00800 e. The van der Waals surface area contributed by atoms with E-state index in [1.807, 2.05) is 0 Å². The molecule has 2 rings (SSSR count). The Morgan fingerprint density at radius 1 is 1.17 bits per heavy atom. The molecule has 2 aliphatic carbocycles. The van der Waals surface area contributed by atoms with Crippen molar-refractivity contribution >= 4 is 0 Å². The van der Waals surface area contributed by atoms with Crippen molar-refractivity contribution in [3.8, 4) is 0 Å². The van der Waals surface area contributed by atoms with Crippen LogP contribution >= 0.6 is 0 Å². The second-order valence-corrected chi connectivity index (χ2v) is 5.13. The molecule has 0 saturated heterocycles. The fourth-order valence-electron chi connectivity index (χ4n) is 3.11. The van der Waals surface area contributed by atoms with Crippen LogP contribution in [0.15, 0.2) is 0 Å². The van der Waals surface area contributed by atoms with Crippen LogP contribution in [0.4, 0.5) is 0 Å². The topological polar surface area (TPSA) is 12.0 Å². The first-order valence-electron chi connectivity index (χ1n) is 5.46. The summed E-state index contributed by atoms with van der Waals surface area (Å²) in [6.07, 6.45) is 8.95. The van der Waals surface area contributed by atoms with Gasteiger partial charge in [-0.2, -0.15) is 0 Å². The molecule has 1 heteroatoms. The molecule has 0 unspecified atom stereocenters. The highest BCUT2D eigenvalue weighted by Crippen LogP contribution is 2.53. The van der Waals surface area contributed by atoms with Gasteiger partial charge in [-0.15, -0.1) is 0 Å². The fourth-order valence-corrected chi connectivity index (χ4v) is 3.11. The van der Waals surface area contributed by atoms with Crippen molar-refractivity contribution < 1.29 is 0 Å². The summed E-state index contributed by atoms with van der Waals surface area (Å²) in [5, 5.41) is 3.63. The van der Waals surface area contributed by atoms with E-state index < -0.39 is 0 Å². The molecule has 0 aromatic heterocycles. The molecule has 12 heavy (non-hydrogen) atoms. The molecular formula is C11H21N. The molecule has 1 nitrogen and oxygen atoms in total. The summed E-state index contributed by atoms with van der Waals surface area (Å²) >= 11 is 0. The van der Waals surface area contributed by atoms with Crippen LogP contribution in [0, 0.1) is 5.41 Å². The minimum Gasteiger partial charge on any atom is -0.312 e. The first-order chi connectivity index (χ1) is 5.70. The van der Waals surface area contributed by atoms with Gasteiger partial charge < -0.3 is 5.32 Å². The van der Waals surface area contributed by atoms with E-state index in [-0.39, 0.29) is 0 Å². The van der Waals surface area contributed by atoms with Gasteiger partial charge in [0.1, 0.15) is 0 Å². The maximum absolute atomic E-state index is 3.63. The van der Waals surface area contributed by atoms with E-state index >= 15 is 0 Å². The van der Waals surface area contributed by atoms with Crippen molar-refractivity contribution in [3.05, 3.63) is 0 Å². The maximum Gasteiger partial charge on any atom is 0.00800 e. The summed E-state index contributed by atoms with van der Waals surface area (Å²) in [6.45, 7) is 4.50. The van der Waals surface area contributed by atoms with Crippen molar-refractivity contribution in [2.24, 2.45) is 5.41 Å². The van der Waals surface area contributed by atoms with Gasteiger partial charge in [-0.3, -0.25) is 0 Å². The molecular weight excluding hydrogens is 146 g/mol. The van der Waals surface area contributed by atoms with Crippen LogP contribution in [0.25, 0.3) is 0 Å². The van der Waals surface area contributed by atoms with E-state index in [9.17, 15) is 0 Å². The summed E-state index contributed by atoms with van der Waals surface area (Å²) in [4.78, 5) is 0. The summed E-state index contributed by atoms with van der Waals surface area (Å²) < 4.78 is 0. The van der Waals surface area contributed by atoms with E-state index in [4.69, 9.17) is 0 Å². The molecule has 0 bridgehead atoms.